The lowest BCUT2D eigenvalue weighted by Gasteiger charge is -2.22. The van der Waals surface area contributed by atoms with Crippen molar-refractivity contribution in [1.82, 2.24) is 20.2 Å². The van der Waals surface area contributed by atoms with Gasteiger partial charge >= 0.3 is 0 Å². The minimum Gasteiger partial charge on any atom is -0.390 e. The van der Waals surface area contributed by atoms with Gasteiger partial charge in [-0.2, -0.15) is 0 Å². The van der Waals surface area contributed by atoms with Crippen LogP contribution in [0, 0.1) is 0 Å². The lowest BCUT2D eigenvalue weighted by atomic mass is 10.0. The van der Waals surface area contributed by atoms with E-state index < -0.39 is 6.10 Å². The zero-order chi connectivity index (χ0) is 23.5. The third-order valence-corrected chi connectivity index (χ3v) is 6.13. The Bertz CT molecular complexity index is 1290. The molecule has 5 N–H and O–H groups in total. The molecule has 0 bridgehead atoms. The zero-order valence-corrected chi connectivity index (χ0v) is 19.5. The number of aliphatic hydroxyl groups excluding tert-OH is 1. The first-order valence-corrected chi connectivity index (χ1v) is 11.4. The van der Waals surface area contributed by atoms with Crippen LogP contribution in [-0.4, -0.2) is 58.2 Å². The monoisotopic (exact) mass is 465 g/mol. The molecule has 0 saturated carbocycles. The number of pyridine rings is 1. The smallest absolute Gasteiger partial charge is 0.251 e. The van der Waals surface area contributed by atoms with Crippen LogP contribution in [0.1, 0.15) is 24.2 Å². The van der Waals surface area contributed by atoms with Gasteiger partial charge in [0.15, 0.2) is 0 Å². The van der Waals surface area contributed by atoms with Crippen LogP contribution in [0.3, 0.4) is 0 Å². The van der Waals surface area contributed by atoms with Crippen LogP contribution in [0.5, 0.6) is 0 Å². The van der Waals surface area contributed by atoms with Crippen molar-refractivity contribution in [2.45, 2.75) is 20.0 Å². The molecule has 0 fully saturated rings. The number of amides is 1. The summed E-state index contributed by atoms with van der Waals surface area (Å²) >= 11 is 6.22. The van der Waals surface area contributed by atoms with E-state index in [0.29, 0.717) is 22.9 Å². The number of nitrogens with one attached hydrogen (secondary N) is 2. The maximum Gasteiger partial charge on any atom is 0.251 e. The molecule has 172 valence electrons. The van der Waals surface area contributed by atoms with Crippen molar-refractivity contribution in [3.05, 3.63) is 59.2 Å². The largest absolute Gasteiger partial charge is 0.390 e. The number of aromatic nitrogens is 2. The minimum absolute atomic E-state index is 0.199. The van der Waals surface area contributed by atoms with Crippen molar-refractivity contribution < 1.29 is 9.90 Å². The lowest BCUT2D eigenvalue weighted by molar-refractivity contribution is 0.0869. The van der Waals surface area contributed by atoms with Crippen molar-refractivity contribution in [2.75, 3.05) is 31.9 Å². The molecule has 2 heterocycles. The number of nitrogen functional groups attached to an aromatic ring is 1. The number of hydrogen-bond donors (Lipinski definition) is 4. The van der Waals surface area contributed by atoms with Gasteiger partial charge in [0.25, 0.3) is 5.91 Å². The lowest BCUT2D eigenvalue weighted by Crippen LogP contribution is -2.40. The van der Waals surface area contributed by atoms with Gasteiger partial charge in [0.05, 0.1) is 11.8 Å². The van der Waals surface area contributed by atoms with Crippen molar-refractivity contribution >= 4 is 45.0 Å². The summed E-state index contributed by atoms with van der Waals surface area (Å²) in [4.78, 5) is 22.5. The Hall–Kier alpha value is -3.13. The van der Waals surface area contributed by atoms with E-state index in [1.54, 1.807) is 12.3 Å². The Labute approximate surface area is 197 Å². The summed E-state index contributed by atoms with van der Waals surface area (Å²) < 4.78 is 0. The van der Waals surface area contributed by atoms with Crippen LogP contribution in [0.15, 0.2) is 48.7 Å². The highest BCUT2D eigenvalue weighted by Crippen LogP contribution is 2.35. The summed E-state index contributed by atoms with van der Waals surface area (Å²) in [5.41, 5.74) is 9.20. The zero-order valence-electron chi connectivity index (χ0n) is 18.7. The van der Waals surface area contributed by atoms with Gasteiger partial charge in [-0.25, -0.2) is 4.98 Å². The molecule has 7 nitrogen and oxygen atoms in total. The van der Waals surface area contributed by atoms with Crippen molar-refractivity contribution in [3.8, 4) is 11.3 Å². The van der Waals surface area contributed by atoms with Crippen LogP contribution in [0.25, 0.3) is 32.9 Å². The third kappa shape index (κ3) is 4.95. The van der Waals surface area contributed by atoms with E-state index in [1.807, 2.05) is 50.2 Å². The first-order chi connectivity index (χ1) is 15.9. The molecule has 0 aliphatic rings. The molecule has 4 rings (SSSR count). The average molecular weight is 466 g/mol. The van der Waals surface area contributed by atoms with Crippen LogP contribution >= 0.6 is 11.6 Å². The fourth-order valence-electron chi connectivity index (χ4n) is 4.05. The number of nitrogens with two attached hydrogens (primary N) is 1. The Morgan fingerprint density at radius 1 is 1.18 bits per heavy atom. The summed E-state index contributed by atoms with van der Waals surface area (Å²) in [7, 11) is 0. The molecule has 2 aromatic heterocycles. The number of fused-ring (bicyclic) bond motifs is 2. The number of likely N-dealkylation sites (N-methyl/N-ethyl adjacent to an activating group) is 1. The highest BCUT2D eigenvalue weighted by atomic mass is 35.5. The van der Waals surface area contributed by atoms with Gasteiger partial charge in [-0.15, -0.1) is 0 Å². The van der Waals surface area contributed by atoms with E-state index in [-0.39, 0.29) is 12.5 Å². The fourth-order valence-corrected chi connectivity index (χ4v) is 4.22. The molecular formula is C25H28ClN5O2. The van der Waals surface area contributed by atoms with Crippen LogP contribution < -0.4 is 11.1 Å². The maximum atomic E-state index is 12.7. The van der Waals surface area contributed by atoms with Crippen LogP contribution in [0.2, 0.25) is 5.02 Å². The number of carbonyl (C=O) groups is 1. The average Bonchev–Trinajstić information content (AvgIpc) is 3.23. The normalized spacial score (nSPS) is 12.5. The number of nitrogens with zero attached hydrogens (tertiary/aromatic N) is 2. The number of aliphatic hydroxyl groups is 1. The van der Waals surface area contributed by atoms with Crippen molar-refractivity contribution in [3.63, 3.8) is 0 Å². The van der Waals surface area contributed by atoms with E-state index >= 15 is 0 Å². The fraction of sp³-hybridized carbons (Fsp3) is 0.280. The first kappa shape index (κ1) is 23.0. The molecule has 0 aliphatic heterocycles. The van der Waals surface area contributed by atoms with E-state index in [4.69, 9.17) is 17.3 Å². The second-order valence-corrected chi connectivity index (χ2v) is 8.52. The predicted molar refractivity (Wildman–Crippen MR) is 135 cm³/mol. The highest BCUT2D eigenvalue weighted by Gasteiger charge is 2.15. The van der Waals surface area contributed by atoms with Crippen molar-refractivity contribution in [2.24, 2.45) is 0 Å². The molecule has 33 heavy (non-hydrogen) atoms. The second kappa shape index (κ2) is 9.79. The molecule has 1 atom stereocenters. The summed E-state index contributed by atoms with van der Waals surface area (Å²) in [5.74, 6) is 0.174. The number of anilines is 1. The summed E-state index contributed by atoms with van der Waals surface area (Å²) in [6.45, 7) is 6.54. The van der Waals surface area contributed by atoms with Crippen LogP contribution in [-0.2, 0) is 0 Å². The van der Waals surface area contributed by atoms with E-state index in [9.17, 15) is 9.90 Å². The Morgan fingerprint density at radius 3 is 2.73 bits per heavy atom. The quantitative estimate of drug-likeness (QED) is 0.314. The molecule has 1 unspecified atom stereocenters. The van der Waals surface area contributed by atoms with Gasteiger partial charge < -0.3 is 26.0 Å². The molecule has 0 spiro atoms. The number of carbonyl (C=O) groups excluding carboxylic acids is 1. The number of rotatable bonds is 8. The Morgan fingerprint density at radius 2 is 1.97 bits per heavy atom. The van der Waals surface area contributed by atoms with E-state index in [1.165, 1.54) is 0 Å². The molecule has 1 amide bonds. The van der Waals surface area contributed by atoms with Crippen molar-refractivity contribution in [1.29, 1.82) is 0 Å². The standard InChI is InChI=1S/C25H28ClN5O2/c1-3-31(4-2)14-19(32)13-29-25(33)15-6-8-21-17(9-15)10-22(30-21)23-20-11-18(26)7-5-16(20)12-28-24(23)27/h5-12,19,30,32H,3-4,13-14H2,1-2H3,(H2,27,28)(H,29,33). The molecule has 0 saturated heterocycles. The van der Waals surface area contributed by atoms with Gasteiger partial charge in [-0.3, -0.25) is 4.79 Å². The number of hydrogen-bond acceptors (Lipinski definition) is 5. The van der Waals surface area contributed by atoms with Crippen LogP contribution in [0.4, 0.5) is 5.82 Å². The summed E-state index contributed by atoms with van der Waals surface area (Å²) in [6.07, 6.45) is 1.11. The summed E-state index contributed by atoms with van der Waals surface area (Å²) in [6, 6.07) is 13.0. The van der Waals surface area contributed by atoms with Gasteiger partial charge in [-0.1, -0.05) is 31.5 Å². The van der Waals surface area contributed by atoms with E-state index in [0.717, 1.165) is 46.0 Å². The Balaban J connectivity index is 1.58. The molecule has 4 aromatic rings. The van der Waals surface area contributed by atoms with Gasteiger partial charge in [0.2, 0.25) is 0 Å². The SMILES string of the molecule is CCN(CC)CC(O)CNC(=O)c1ccc2[nH]c(-c3c(N)ncc4ccc(Cl)cc34)cc2c1. The van der Waals surface area contributed by atoms with E-state index in [2.05, 4.69) is 20.2 Å². The number of aromatic amines is 1. The highest BCUT2D eigenvalue weighted by molar-refractivity contribution is 6.31. The first-order valence-electron chi connectivity index (χ1n) is 11.0. The second-order valence-electron chi connectivity index (χ2n) is 8.08. The molecule has 0 aliphatic carbocycles. The number of halogens is 1. The number of benzene rings is 2. The number of H-pyrrole nitrogens is 1. The van der Waals surface area contributed by atoms with Gasteiger partial charge in [-0.05, 0) is 54.9 Å². The predicted octanol–water partition coefficient (Wildman–Crippen LogP) is 4.05. The molecular weight excluding hydrogens is 438 g/mol. The van der Waals surface area contributed by atoms with Gasteiger partial charge in [0.1, 0.15) is 5.82 Å². The van der Waals surface area contributed by atoms with Gasteiger partial charge in [0, 0.05) is 51.7 Å². The molecule has 2 aromatic carbocycles. The molecule has 0 radical (unpaired) electrons. The summed E-state index contributed by atoms with van der Waals surface area (Å²) in [5, 5.41) is 16.4. The Kier molecular flexibility index (Phi) is 6.83. The topological polar surface area (TPSA) is 107 Å². The maximum absolute atomic E-state index is 12.7. The minimum atomic E-state index is -0.620. The molecule has 8 heteroatoms. The third-order valence-electron chi connectivity index (χ3n) is 5.90.